The number of epoxide rings is 1. The van der Waals surface area contributed by atoms with Gasteiger partial charge in [0.15, 0.2) is 0 Å². The number of benzene rings is 2. The first-order valence-electron chi connectivity index (χ1n) is 15.2. The lowest BCUT2D eigenvalue weighted by Crippen LogP contribution is -2.55. The van der Waals surface area contributed by atoms with Crippen molar-refractivity contribution < 1.29 is 38.0 Å². The Bertz CT molecular complexity index is 1200. The van der Waals surface area contributed by atoms with Gasteiger partial charge in [-0.1, -0.05) is 18.2 Å². The maximum atomic E-state index is 13.3. The summed E-state index contributed by atoms with van der Waals surface area (Å²) in [5.74, 6) is 1.55. The van der Waals surface area contributed by atoms with Crippen LogP contribution in [0.15, 0.2) is 42.5 Å². The van der Waals surface area contributed by atoms with Crippen LogP contribution in [0.1, 0.15) is 44.2 Å². The molecule has 0 N–H and O–H groups in total. The Balaban J connectivity index is 1.38. The summed E-state index contributed by atoms with van der Waals surface area (Å²) in [6.07, 6.45) is 0.0123. The van der Waals surface area contributed by atoms with E-state index in [-0.39, 0.29) is 30.3 Å². The molecule has 2 fully saturated rings. The van der Waals surface area contributed by atoms with Gasteiger partial charge in [-0.25, -0.2) is 4.79 Å². The number of fused-ring (bicyclic) bond motifs is 1. The summed E-state index contributed by atoms with van der Waals surface area (Å²) < 4.78 is 41.0. The first-order valence-corrected chi connectivity index (χ1v) is 15.2. The first kappa shape index (κ1) is 31.4. The Kier molecular flexibility index (Phi) is 10.3. The number of hydrogen-bond acceptors (Lipinski definition) is 9. The van der Waals surface area contributed by atoms with Crippen LogP contribution in [0.3, 0.4) is 0 Å². The third-order valence-electron chi connectivity index (χ3n) is 7.88. The number of methoxy groups -OCH3 is 2. The highest BCUT2D eigenvalue weighted by Crippen LogP contribution is 2.37. The second kappa shape index (κ2) is 14.2. The van der Waals surface area contributed by atoms with Gasteiger partial charge in [0.1, 0.15) is 29.8 Å². The summed E-state index contributed by atoms with van der Waals surface area (Å²) >= 11 is 0. The lowest BCUT2D eigenvalue weighted by atomic mass is 9.84. The second-order valence-corrected chi connectivity index (χ2v) is 12.3. The van der Waals surface area contributed by atoms with Gasteiger partial charge in [-0.3, -0.25) is 0 Å². The number of nitrogens with zero attached hydrogens (tertiary/aromatic N) is 2. The Labute approximate surface area is 255 Å². The van der Waals surface area contributed by atoms with Crippen molar-refractivity contribution in [3.05, 3.63) is 53.6 Å². The third kappa shape index (κ3) is 8.53. The maximum Gasteiger partial charge on any atom is 0.410 e. The van der Waals surface area contributed by atoms with E-state index in [1.165, 1.54) is 0 Å². The number of ether oxygens (including phenoxy) is 7. The van der Waals surface area contributed by atoms with Gasteiger partial charge < -0.3 is 43.0 Å². The van der Waals surface area contributed by atoms with E-state index >= 15 is 0 Å². The standard InChI is InChI=1S/C33H46N2O8/c1-33(2,3)43-32(36)35-18-29(31(24-8-10-25(38-5)11-9-24)30(19-35)42-22-26-21-40-26)41-20-23-7-12-28-27(17-23)34(14-16-39-28)13-6-15-37-4/h7-12,17,26,29-31H,6,13-16,18-22H2,1-5H3/t26-,29+,30-,31-/m1/s1. The molecule has 0 unspecified atom stereocenters. The Morgan fingerprint density at radius 2 is 1.77 bits per heavy atom. The molecule has 10 nitrogen and oxygen atoms in total. The van der Waals surface area contributed by atoms with Gasteiger partial charge in [-0.2, -0.15) is 0 Å². The highest BCUT2D eigenvalue weighted by atomic mass is 16.6. The van der Waals surface area contributed by atoms with E-state index in [9.17, 15) is 4.79 Å². The normalized spacial score (nSPS) is 23.4. The zero-order chi connectivity index (χ0) is 30.4. The molecule has 3 aliphatic rings. The molecule has 3 aliphatic heterocycles. The number of carbonyl (C=O) groups is 1. The molecule has 10 heteroatoms. The summed E-state index contributed by atoms with van der Waals surface area (Å²) in [4.78, 5) is 17.3. The van der Waals surface area contributed by atoms with Gasteiger partial charge in [-0.05, 0) is 62.6 Å². The van der Waals surface area contributed by atoms with Crippen LogP contribution in [0.2, 0.25) is 0 Å². The third-order valence-corrected chi connectivity index (χ3v) is 7.88. The summed E-state index contributed by atoms with van der Waals surface area (Å²) in [5.41, 5.74) is 2.56. The molecule has 4 atom stereocenters. The largest absolute Gasteiger partial charge is 0.497 e. The lowest BCUT2D eigenvalue weighted by Gasteiger charge is -2.43. The van der Waals surface area contributed by atoms with Crippen molar-refractivity contribution in [3.63, 3.8) is 0 Å². The number of anilines is 1. The van der Waals surface area contributed by atoms with Gasteiger partial charge in [0, 0.05) is 26.2 Å². The predicted molar refractivity (Wildman–Crippen MR) is 162 cm³/mol. The van der Waals surface area contributed by atoms with E-state index in [0.29, 0.717) is 46.1 Å². The van der Waals surface area contributed by atoms with Crippen molar-refractivity contribution in [1.82, 2.24) is 4.90 Å². The highest BCUT2D eigenvalue weighted by molar-refractivity contribution is 5.68. The first-order chi connectivity index (χ1) is 20.7. The molecule has 43 heavy (non-hydrogen) atoms. The van der Waals surface area contributed by atoms with E-state index in [0.717, 1.165) is 47.8 Å². The highest BCUT2D eigenvalue weighted by Gasteiger charge is 2.43. The predicted octanol–water partition coefficient (Wildman–Crippen LogP) is 4.63. The molecule has 0 radical (unpaired) electrons. The summed E-state index contributed by atoms with van der Waals surface area (Å²) in [6.45, 7) is 11.0. The fourth-order valence-corrected chi connectivity index (χ4v) is 5.66. The number of rotatable bonds is 12. The molecule has 0 aliphatic carbocycles. The van der Waals surface area contributed by atoms with E-state index in [4.69, 9.17) is 33.2 Å². The van der Waals surface area contributed by atoms with Gasteiger partial charge >= 0.3 is 6.09 Å². The minimum atomic E-state index is -0.612. The summed E-state index contributed by atoms with van der Waals surface area (Å²) in [5, 5.41) is 0. The Hall–Kier alpha value is -3.05. The number of amides is 1. The van der Waals surface area contributed by atoms with E-state index < -0.39 is 5.60 Å². The van der Waals surface area contributed by atoms with Crippen LogP contribution in [-0.2, 0) is 30.3 Å². The van der Waals surface area contributed by atoms with Crippen LogP contribution >= 0.6 is 0 Å². The van der Waals surface area contributed by atoms with Gasteiger partial charge in [0.2, 0.25) is 0 Å². The number of hydrogen-bond donors (Lipinski definition) is 0. The molecular formula is C33H46N2O8. The van der Waals surface area contributed by atoms with Gasteiger partial charge in [-0.15, -0.1) is 0 Å². The topological polar surface area (TPSA) is 91.5 Å². The molecule has 1 amide bonds. The van der Waals surface area contributed by atoms with Crippen molar-refractivity contribution in [3.8, 4) is 11.5 Å². The summed E-state index contributed by atoms with van der Waals surface area (Å²) in [6, 6.07) is 14.2. The van der Waals surface area contributed by atoms with Crippen LogP contribution in [0.4, 0.5) is 10.5 Å². The maximum absolute atomic E-state index is 13.3. The SMILES string of the molecule is COCCCN1CCOc2ccc(CO[C@H]3CN(C(=O)OC(C)(C)C)C[C@@H](OC[C@H]4CO4)[C@@H]3c3ccc(OC)cc3)cc21. The van der Waals surface area contributed by atoms with Crippen molar-refractivity contribution in [2.24, 2.45) is 0 Å². The van der Waals surface area contributed by atoms with Gasteiger partial charge in [0.05, 0.1) is 64.5 Å². The number of piperidine rings is 1. The zero-order valence-corrected chi connectivity index (χ0v) is 26.1. The van der Waals surface area contributed by atoms with Crippen LogP contribution in [0.5, 0.6) is 11.5 Å². The molecule has 0 bridgehead atoms. The molecule has 236 valence electrons. The minimum Gasteiger partial charge on any atom is -0.497 e. The van der Waals surface area contributed by atoms with Crippen LogP contribution in [0.25, 0.3) is 0 Å². The Morgan fingerprint density at radius 1 is 1.02 bits per heavy atom. The minimum absolute atomic E-state index is 0.0948. The van der Waals surface area contributed by atoms with E-state index in [2.05, 4.69) is 23.1 Å². The van der Waals surface area contributed by atoms with E-state index in [1.807, 2.05) is 45.0 Å². The van der Waals surface area contributed by atoms with Crippen LogP contribution < -0.4 is 14.4 Å². The van der Waals surface area contributed by atoms with Crippen LogP contribution in [-0.4, -0.2) is 102 Å². The van der Waals surface area contributed by atoms with Crippen molar-refractivity contribution in [2.75, 3.05) is 71.7 Å². The average molecular weight is 599 g/mol. The molecule has 0 saturated carbocycles. The fraction of sp³-hybridized carbons (Fsp3) is 0.606. The molecule has 2 aromatic carbocycles. The fourth-order valence-electron chi connectivity index (χ4n) is 5.66. The van der Waals surface area contributed by atoms with Crippen molar-refractivity contribution in [2.45, 2.75) is 63.6 Å². The van der Waals surface area contributed by atoms with Gasteiger partial charge in [0.25, 0.3) is 0 Å². The molecule has 3 heterocycles. The monoisotopic (exact) mass is 598 g/mol. The molecule has 2 aromatic rings. The summed E-state index contributed by atoms with van der Waals surface area (Å²) in [7, 11) is 3.39. The smallest absolute Gasteiger partial charge is 0.410 e. The zero-order valence-electron chi connectivity index (χ0n) is 26.1. The average Bonchev–Trinajstić information content (AvgIpc) is 3.83. The lowest BCUT2D eigenvalue weighted by molar-refractivity contribution is -0.0976. The molecular weight excluding hydrogens is 552 g/mol. The quantitative estimate of drug-likeness (QED) is 0.256. The van der Waals surface area contributed by atoms with E-state index in [1.54, 1.807) is 19.1 Å². The Morgan fingerprint density at radius 3 is 2.44 bits per heavy atom. The molecule has 0 aromatic heterocycles. The number of carbonyl (C=O) groups excluding carboxylic acids is 1. The molecule has 0 spiro atoms. The molecule has 2 saturated heterocycles. The van der Waals surface area contributed by atoms with Crippen molar-refractivity contribution in [1.29, 1.82) is 0 Å². The van der Waals surface area contributed by atoms with Crippen LogP contribution in [0, 0.1) is 0 Å². The van der Waals surface area contributed by atoms with Crippen molar-refractivity contribution >= 4 is 11.8 Å². The molecule has 5 rings (SSSR count). The number of likely N-dealkylation sites (tertiary alicyclic amines) is 1. The second-order valence-electron chi connectivity index (χ2n) is 12.3.